The fraction of sp³-hybridized carbons (Fsp3) is 0.714. The Balaban J connectivity index is 2.72. The van der Waals surface area contributed by atoms with E-state index in [9.17, 15) is 5.11 Å². The van der Waals surface area contributed by atoms with Gasteiger partial charge in [-0.3, -0.25) is 0 Å². The predicted octanol–water partition coefficient (Wildman–Crippen LogP) is -0.847. The Hall–Kier alpha value is -0.780. The van der Waals surface area contributed by atoms with Crippen molar-refractivity contribution in [3.8, 4) is 0 Å². The summed E-state index contributed by atoms with van der Waals surface area (Å²) in [6.07, 6.45) is -1.46. The lowest BCUT2D eigenvalue weighted by atomic mass is 10.1. The van der Waals surface area contributed by atoms with Crippen molar-refractivity contribution in [2.75, 3.05) is 13.7 Å². The second kappa shape index (κ2) is 3.75. The average Bonchev–Trinajstić information content (AvgIpc) is 2.09. The quantitative estimate of drug-likeness (QED) is 0.511. The van der Waals surface area contributed by atoms with Gasteiger partial charge in [-0.2, -0.15) is 0 Å². The molecule has 3 N–H and O–H groups in total. The van der Waals surface area contributed by atoms with Gasteiger partial charge in [0.1, 0.15) is 24.6 Å². The molecule has 0 fully saturated rings. The smallest absolute Gasteiger partial charge is 0.158 e. The molecule has 1 aliphatic heterocycles. The van der Waals surface area contributed by atoms with Gasteiger partial charge in [-0.1, -0.05) is 0 Å². The number of aliphatic hydroxyl groups is 3. The van der Waals surface area contributed by atoms with Crippen molar-refractivity contribution in [2.24, 2.45) is 0 Å². The van der Waals surface area contributed by atoms with E-state index in [1.807, 2.05) is 0 Å². The molecule has 0 spiro atoms. The van der Waals surface area contributed by atoms with Crippen LogP contribution in [0.1, 0.15) is 0 Å². The maximum atomic E-state index is 9.30. The Labute approximate surface area is 69.8 Å². The van der Waals surface area contributed by atoms with Crippen molar-refractivity contribution < 1.29 is 24.8 Å². The van der Waals surface area contributed by atoms with Gasteiger partial charge in [-0.15, -0.1) is 0 Å². The summed E-state index contributed by atoms with van der Waals surface area (Å²) in [6.45, 7) is -0.265. The molecule has 3 atom stereocenters. The standard InChI is InChI=1S/C7H12O5/c1-11-7-5(2-8)12-3-4(9)6(7)10/h3,5-10H,2H2,1H3/t5?,6-,7-/m0/s1. The van der Waals surface area contributed by atoms with Gasteiger partial charge in [0.05, 0.1) is 6.61 Å². The van der Waals surface area contributed by atoms with Gasteiger partial charge in [0, 0.05) is 7.11 Å². The van der Waals surface area contributed by atoms with Crippen LogP contribution >= 0.6 is 0 Å². The van der Waals surface area contributed by atoms with Gasteiger partial charge in [-0.05, 0) is 0 Å². The summed E-state index contributed by atoms with van der Waals surface area (Å²) in [7, 11) is 1.37. The molecule has 0 aromatic carbocycles. The molecule has 5 heteroatoms. The average molecular weight is 176 g/mol. The summed E-state index contributed by atoms with van der Waals surface area (Å²) in [5.41, 5.74) is 0. The van der Waals surface area contributed by atoms with Crippen molar-refractivity contribution in [3.63, 3.8) is 0 Å². The van der Waals surface area contributed by atoms with Gasteiger partial charge >= 0.3 is 0 Å². The van der Waals surface area contributed by atoms with Crippen LogP contribution in [0, 0.1) is 0 Å². The minimum absolute atomic E-state index is 0.265. The minimum Gasteiger partial charge on any atom is -0.506 e. The molecule has 1 rings (SSSR count). The number of hydrogen-bond donors (Lipinski definition) is 3. The molecule has 0 aromatic rings. The molecule has 0 radical (unpaired) electrons. The predicted molar refractivity (Wildman–Crippen MR) is 39.5 cm³/mol. The second-order valence-electron chi connectivity index (χ2n) is 2.54. The van der Waals surface area contributed by atoms with Crippen LogP contribution in [0.2, 0.25) is 0 Å². The van der Waals surface area contributed by atoms with Gasteiger partial charge in [-0.25, -0.2) is 0 Å². The summed E-state index contributed by atoms with van der Waals surface area (Å²) in [5.74, 6) is -0.286. The fourth-order valence-corrected chi connectivity index (χ4v) is 1.10. The van der Waals surface area contributed by atoms with Crippen LogP contribution < -0.4 is 0 Å². The number of methoxy groups -OCH3 is 1. The van der Waals surface area contributed by atoms with E-state index in [1.54, 1.807) is 0 Å². The van der Waals surface area contributed by atoms with Crippen molar-refractivity contribution >= 4 is 0 Å². The Morgan fingerprint density at radius 1 is 1.67 bits per heavy atom. The number of rotatable bonds is 2. The largest absolute Gasteiger partial charge is 0.506 e. The summed E-state index contributed by atoms with van der Waals surface area (Å²) in [4.78, 5) is 0. The molecular weight excluding hydrogens is 164 g/mol. The van der Waals surface area contributed by atoms with Crippen LogP contribution in [0.15, 0.2) is 12.0 Å². The Morgan fingerprint density at radius 2 is 2.33 bits per heavy atom. The van der Waals surface area contributed by atoms with Crippen molar-refractivity contribution in [1.29, 1.82) is 0 Å². The second-order valence-corrected chi connectivity index (χ2v) is 2.54. The molecule has 0 saturated heterocycles. The zero-order valence-electron chi connectivity index (χ0n) is 6.67. The van der Waals surface area contributed by atoms with Crippen LogP contribution in [-0.4, -0.2) is 47.3 Å². The normalized spacial score (nSPS) is 35.6. The third kappa shape index (κ3) is 1.52. The highest BCUT2D eigenvalue weighted by molar-refractivity contribution is 5.04. The third-order valence-electron chi connectivity index (χ3n) is 1.80. The summed E-state index contributed by atoms with van der Waals surface area (Å²) in [5, 5.41) is 27.1. The highest BCUT2D eigenvalue weighted by Crippen LogP contribution is 2.19. The zero-order chi connectivity index (χ0) is 9.14. The van der Waals surface area contributed by atoms with E-state index in [1.165, 1.54) is 7.11 Å². The van der Waals surface area contributed by atoms with E-state index < -0.39 is 18.3 Å². The van der Waals surface area contributed by atoms with Gasteiger partial charge in [0.15, 0.2) is 5.76 Å². The maximum absolute atomic E-state index is 9.30. The molecule has 0 bridgehead atoms. The first-order valence-corrected chi connectivity index (χ1v) is 3.57. The highest BCUT2D eigenvalue weighted by Gasteiger charge is 2.35. The van der Waals surface area contributed by atoms with E-state index >= 15 is 0 Å². The van der Waals surface area contributed by atoms with Crippen LogP contribution in [-0.2, 0) is 9.47 Å². The van der Waals surface area contributed by atoms with E-state index in [2.05, 4.69) is 0 Å². The van der Waals surface area contributed by atoms with Crippen molar-refractivity contribution in [3.05, 3.63) is 12.0 Å². The lowest BCUT2D eigenvalue weighted by Gasteiger charge is -2.31. The Kier molecular flexibility index (Phi) is 2.91. The fourth-order valence-electron chi connectivity index (χ4n) is 1.10. The summed E-state index contributed by atoms with van der Waals surface area (Å²) >= 11 is 0. The molecule has 1 heterocycles. The van der Waals surface area contributed by atoms with Crippen molar-refractivity contribution in [2.45, 2.75) is 18.3 Å². The Morgan fingerprint density at radius 3 is 2.83 bits per heavy atom. The summed E-state index contributed by atoms with van der Waals surface area (Å²) < 4.78 is 9.71. The molecule has 5 nitrogen and oxygen atoms in total. The van der Waals surface area contributed by atoms with Crippen LogP contribution in [0.4, 0.5) is 0 Å². The highest BCUT2D eigenvalue weighted by atomic mass is 16.6. The molecule has 0 saturated carbocycles. The van der Waals surface area contributed by atoms with Crippen LogP contribution in [0.5, 0.6) is 0 Å². The first-order valence-electron chi connectivity index (χ1n) is 3.57. The first kappa shape index (κ1) is 9.31. The van der Waals surface area contributed by atoms with Crippen molar-refractivity contribution in [1.82, 2.24) is 0 Å². The van der Waals surface area contributed by atoms with Gasteiger partial charge in [0.25, 0.3) is 0 Å². The van der Waals surface area contributed by atoms with Gasteiger partial charge < -0.3 is 24.8 Å². The topological polar surface area (TPSA) is 79.2 Å². The molecule has 0 aliphatic carbocycles. The maximum Gasteiger partial charge on any atom is 0.158 e. The molecule has 0 aromatic heterocycles. The summed E-state index contributed by atoms with van der Waals surface area (Å²) in [6, 6.07) is 0. The monoisotopic (exact) mass is 176 g/mol. The minimum atomic E-state index is -1.12. The Bertz CT molecular complexity index is 179. The number of ether oxygens (including phenoxy) is 2. The van der Waals surface area contributed by atoms with E-state index in [-0.39, 0.29) is 12.4 Å². The SMILES string of the molecule is CO[C@H]1C(CO)OC=C(O)[C@@H]1O. The molecular formula is C7H12O5. The lowest BCUT2D eigenvalue weighted by molar-refractivity contribution is -0.117. The lowest BCUT2D eigenvalue weighted by Crippen LogP contribution is -2.45. The molecule has 0 amide bonds. The van der Waals surface area contributed by atoms with Crippen LogP contribution in [0.25, 0.3) is 0 Å². The van der Waals surface area contributed by atoms with E-state index in [0.717, 1.165) is 6.26 Å². The number of aliphatic hydroxyl groups excluding tert-OH is 3. The molecule has 12 heavy (non-hydrogen) atoms. The first-order chi connectivity index (χ1) is 5.70. The number of hydrogen-bond acceptors (Lipinski definition) is 5. The zero-order valence-corrected chi connectivity index (χ0v) is 6.67. The van der Waals surface area contributed by atoms with Crippen LogP contribution in [0.3, 0.4) is 0 Å². The van der Waals surface area contributed by atoms with Gasteiger partial charge in [0.2, 0.25) is 0 Å². The van der Waals surface area contributed by atoms with E-state index in [0.29, 0.717) is 0 Å². The molecule has 70 valence electrons. The van der Waals surface area contributed by atoms with E-state index in [4.69, 9.17) is 19.7 Å². The molecule has 1 aliphatic rings. The third-order valence-corrected chi connectivity index (χ3v) is 1.80. The molecule has 1 unspecified atom stereocenters.